The van der Waals surface area contributed by atoms with Gasteiger partial charge < -0.3 is 16.4 Å². The monoisotopic (exact) mass is 327 g/mol. The third kappa shape index (κ3) is 5.27. The van der Waals surface area contributed by atoms with Gasteiger partial charge in [-0.15, -0.1) is 0 Å². The average molecular weight is 327 g/mol. The summed E-state index contributed by atoms with van der Waals surface area (Å²) in [4.78, 5) is 9.70. The minimum Gasteiger partial charge on any atom is -0.399 e. The van der Waals surface area contributed by atoms with Crippen molar-refractivity contribution in [1.82, 2.24) is 9.97 Å². The predicted octanol–water partition coefficient (Wildman–Crippen LogP) is 4.50. The standard InChI is InChI=1S/C15H15N5S.C2H6/c16-11-4-6-12(7-5-11)18-9-13-10-19-15(21-13)20-14-3-1-2-8-17-14;1-2/h1-8,10,18H,9,16H2,(H,17,19,20);1-2H3. The predicted molar refractivity (Wildman–Crippen MR) is 99.2 cm³/mol. The first-order valence-corrected chi connectivity index (χ1v) is 8.33. The van der Waals surface area contributed by atoms with E-state index in [1.54, 1.807) is 17.5 Å². The van der Waals surface area contributed by atoms with Crippen LogP contribution in [0.5, 0.6) is 0 Å². The number of anilines is 4. The molecule has 2 heterocycles. The molecule has 0 aliphatic rings. The molecular formula is C17H21N5S. The fourth-order valence-electron chi connectivity index (χ4n) is 1.78. The van der Waals surface area contributed by atoms with E-state index in [2.05, 4.69) is 20.6 Å². The van der Waals surface area contributed by atoms with Crippen LogP contribution in [0.25, 0.3) is 0 Å². The van der Waals surface area contributed by atoms with Crippen molar-refractivity contribution in [1.29, 1.82) is 0 Å². The highest BCUT2D eigenvalue weighted by molar-refractivity contribution is 7.15. The topological polar surface area (TPSA) is 75.9 Å². The second kappa shape index (κ2) is 8.75. The van der Waals surface area contributed by atoms with Gasteiger partial charge in [0.25, 0.3) is 0 Å². The molecule has 0 atom stereocenters. The van der Waals surface area contributed by atoms with Crippen molar-refractivity contribution in [3.63, 3.8) is 0 Å². The Bertz CT molecular complexity index is 695. The van der Waals surface area contributed by atoms with Crippen LogP contribution >= 0.6 is 11.3 Å². The molecule has 0 radical (unpaired) electrons. The Morgan fingerprint density at radius 3 is 2.52 bits per heavy atom. The Labute approximate surface area is 140 Å². The Hall–Kier alpha value is -2.60. The van der Waals surface area contributed by atoms with Gasteiger partial charge >= 0.3 is 0 Å². The number of hydrogen-bond donors (Lipinski definition) is 3. The van der Waals surface area contributed by atoms with Crippen LogP contribution in [0.15, 0.2) is 54.9 Å². The maximum Gasteiger partial charge on any atom is 0.188 e. The molecule has 0 aliphatic heterocycles. The van der Waals surface area contributed by atoms with Crippen LogP contribution in [-0.4, -0.2) is 9.97 Å². The van der Waals surface area contributed by atoms with E-state index in [4.69, 9.17) is 5.73 Å². The summed E-state index contributed by atoms with van der Waals surface area (Å²) in [6.07, 6.45) is 3.61. The minimum atomic E-state index is 0.728. The van der Waals surface area contributed by atoms with Gasteiger partial charge in [-0.2, -0.15) is 0 Å². The van der Waals surface area contributed by atoms with E-state index in [1.807, 2.05) is 62.5 Å². The van der Waals surface area contributed by atoms with Gasteiger partial charge in [0.1, 0.15) is 5.82 Å². The quantitative estimate of drug-likeness (QED) is 0.601. The van der Waals surface area contributed by atoms with Crippen LogP contribution < -0.4 is 16.4 Å². The number of aromatic nitrogens is 2. The van der Waals surface area contributed by atoms with Crippen molar-refractivity contribution in [3.8, 4) is 0 Å². The van der Waals surface area contributed by atoms with Gasteiger partial charge in [0.2, 0.25) is 0 Å². The second-order valence-electron chi connectivity index (χ2n) is 4.45. The van der Waals surface area contributed by atoms with Crippen molar-refractivity contribution in [3.05, 3.63) is 59.7 Å². The van der Waals surface area contributed by atoms with Gasteiger partial charge in [-0.25, -0.2) is 9.97 Å². The van der Waals surface area contributed by atoms with E-state index in [0.29, 0.717) is 0 Å². The Morgan fingerprint density at radius 2 is 1.83 bits per heavy atom. The fourth-order valence-corrected chi connectivity index (χ4v) is 2.54. The fraction of sp³-hybridized carbons (Fsp3) is 0.176. The van der Waals surface area contributed by atoms with E-state index in [-0.39, 0.29) is 0 Å². The van der Waals surface area contributed by atoms with Crippen LogP contribution in [-0.2, 0) is 6.54 Å². The lowest BCUT2D eigenvalue weighted by Crippen LogP contribution is -1.97. The largest absolute Gasteiger partial charge is 0.399 e. The van der Waals surface area contributed by atoms with Gasteiger partial charge in [-0.1, -0.05) is 31.3 Å². The molecule has 0 saturated carbocycles. The normalized spacial score (nSPS) is 9.65. The molecule has 4 N–H and O–H groups in total. The number of nitrogens with zero attached hydrogens (tertiary/aromatic N) is 2. The first kappa shape index (κ1) is 16.8. The van der Waals surface area contributed by atoms with Crippen molar-refractivity contribution in [2.75, 3.05) is 16.4 Å². The molecule has 0 spiro atoms. The number of benzene rings is 1. The van der Waals surface area contributed by atoms with Crippen molar-refractivity contribution >= 4 is 33.7 Å². The number of thiazole rings is 1. The number of pyridine rings is 1. The summed E-state index contributed by atoms with van der Waals surface area (Å²) in [5.74, 6) is 0.796. The molecule has 23 heavy (non-hydrogen) atoms. The summed E-state index contributed by atoms with van der Waals surface area (Å²) >= 11 is 1.60. The van der Waals surface area contributed by atoms with E-state index >= 15 is 0 Å². The second-order valence-corrected chi connectivity index (χ2v) is 5.56. The first-order valence-electron chi connectivity index (χ1n) is 7.52. The molecule has 0 fully saturated rings. The van der Waals surface area contributed by atoms with Crippen LogP contribution in [0.1, 0.15) is 18.7 Å². The minimum absolute atomic E-state index is 0.728. The van der Waals surface area contributed by atoms with E-state index in [9.17, 15) is 0 Å². The highest BCUT2D eigenvalue weighted by atomic mass is 32.1. The van der Waals surface area contributed by atoms with Crippen LogP contribution in [0.2, 0.25) is 0 Å². The lowest BCUT2D eigenvalue weighted by atomic mass is 10.3. The molecule has 3 rings (SSSR count). The number of rotatable bonds is 5. The first-order chi connectivity index (χ1) is 11.3. The van der Waals surface area contributed by atoms with E-state index < -0.39 is 0 Å². The molecule has 0 amide bonds. The maximum atomic E-state index is 5.66. The Kier molecular flexibility index (Phi) is 6.38. The van der Waals surface area contributed by atoms with Crippen LogP contribution in [0.3, 0.4) is 0 Å². The van der Waals surface area contributed by atoms with Crippen molar-refractivity contribution in [2.24, 2.45) is 0 Å². The molecule has 0 aliphatic carbocycles. The van der Waals surface area contributed by atoms with Gasteiger partial charge in [-0.3, -0.25) is 0 Å². The summed E-state index contributed by atoms with van der Waals surface area (Å²) < 4.78 is 0. The number of hydrogen-bond acceptors (Lipinski definition) is 6. The van der Waals surface area contributed by atoms with Crippen molar-refractivity contribution in [2.45, 2.75) is 20.4 Å². The molecular weight excluding hydrogens is 306 g/mol. The summed E-state index contributed by atoms with van der Waals surface area (Å²) in [6.45, 7) is 4.73. The molecule has 1 aromatic carbocycles. The molecule has 6 heteroatoms. The zero-order valence-corrected chi connectivity index (χ0v) is 14.1. The summed E-state index contributed by atoms with van der Waals surface area (Å²) in [5.41, 5.74) is 7.46. The third-order valence-electron chi connectivity index (χ3n) is 2.83. The van der Waals surface area contributed by atoms with Crippen LogP contribution in [0.4, 0.5) is 22.3 Å². The third-order valence-corrected chi connectivity index (χ3v) is 3.74. The van der Waals surface area contributed by atoms with Gasteiger partial charge in [0.15, 0.2) is 5.13 Å². The molecule has 0 saturated heterocycles. The molecule has 0 unspecified atom stereocenters. The highest BCUT2D eigenvalue weighted by Crippen LogP contribution is 2.22. The Balaban J connectivity index is 0.000000924. The van der Waals surface area contributed by atoms with Crippen LogP contribution in [0, 0.1) is 0 Å². The SMILES string of the molecule is CC.Nc1ccc(NCc2cnc(Nc3ccccn3)s2)cc1. The van der Waals surface area contributed by atoms with Crippen molar-refractivity contribution < 1.29 is 0 Å². The summed E-state index contributed by atoms with van der Waals surface area (Å²) in [5, 5.41) is 7.35. The number of nitrogen functional groups attached to an aromatic ring is 1. The summed E-state index contributed by atoms with van der Waals surface area (Å²) in [6, 6.07) is 13.4. The smallest absolute Gasteiger partial charge is 0.188 e. The zero-order valence-electron chi connectivity index (χ0n) is 13.3. The number of nitrogens with two attached hydrogens (primary N) is 1. The lowest BCUT2D eigenvalue weighted by molar-refractivity contribution is 1.17. The van der Waals surface area contributed by atoms with Gasteiger partial charge in [-0.05, 0) is 36.4 Å². The van der Waals surface area contributed by atoms with Gasteiger partial charge in [0, 0.05) is 28.6 Å². The van der Waals surface area contributed by atoms with E-state index in [1.165, 1.54) is 0 Å². The van der Waals surface area contributed by atoms with E-state index in [0.717, 1.165) is 33.7 Å². The Morgan fingerprint density at radius 1 is 1.04 bits per heavy atom. The summed E-state index contributed by atoms with van der Waals surface area (Å²) in [7, 11) is 0. The molecule has 3 aromatic rings. The lowest BCUT2D eigenvalue weighted by Gasteiger charge is -2.04. The molecule has 2 aromatic heterocycles. The van der Waals surface area contributed by atoms with Gasteiger partial charge in [0.05, 0.1) is 6.54 Å². The zero-order chi connectivity index (χ0) is 16.5. The maximum absolute atomic E-state index is 5.66. The molecule has 5 nitrogen and oxygen atoms in total. The molecule has 0 bridgehead atoms. The molecule has 120 valence electrons. The number of nitrogens with one attached hydrogen (secondary N) is 2. The average Bonchev–Trinajstić information content (AvgIpc) is 3.04. The highest BCUT2D eigenvalue weighted by Gasteiger charge is 2.03.